The van der Waals surface area contributed by atoms with E-state index in [1.54, 1.807) is 6.20 Å². The van der Waals surface area contributed by atoms with Gasteiger partial charge in [-0.1, -0.05) is 31.9 Å². The predicted molar refractivity (Wildman–Crippen MR) is 102 cm³/mol. The van der Waals surface area contributed by atoms with Gasteiger partial charge < -0.3 is 5.32 Å². The second-order valence-electron chi connectivity index (χ2n) is 6.96. The van der Waals surface area contributed by atoms with Gasteiger partial charge in [0.1, 0.15) is 11.3 Å². The molecule has 2 aromatic heterocycles. The second kappa shape index (κ2) is 7.28. The van der Waals surface area contributed by atoms with Crippen LogP contribution in [-0.2, 0) is 17.6 Å². The van der Waals surface area contributed by atoms with E-state index < -0.39 is 0 Å². The Labute approximate surface area is 153 Å². The summed E-state index contributed by atoms with van der Waals surface area (Å²) in [6.07, 6.45) is 7.75. The molecule has 1 amide bonds. The molecule has 1 saturated carbocycles. The molecule has 4 rings (SSSR count). The van der Waals surface area contributed by atoms with E-state index in [0.29, 0.717) is 12.5 Å². The monoisotopic (exact) mass is 348 g/mol. The van der Waals surface area contributed by atoms with E-state index in [4.69, 9.17) is 0 Å². The summed E-state index contributed by atoms with van der Waals surface area (Å²) in [6.45, 7) is 2.10. The van der Waals surface area contributed by atoms with Gasteiger partial charge in [0, 0.05) is 24.3 Å². The molecule has 1 N–H and O–H groups in total. The fourth-order valence-electron chi connectivity index (χ4n) is 3.76. The standard InChI is InChI=1S/C21H24N4O/c1-2-19-24-18-8-5-13-22-21(18)25(19)17-11-9-15(10-12-17)14-20(26)23-16-6-3-4-7-16/h5,8-13,16H,2-4,6-7,14H2,1H3,(H,23,26). The molecule has 1 aliphatic carbocycles. The van der Waals surface area contributed by atoms with Crippen LogP contribution in [0.1, 0.15) is 44.0 Å². The number of pyridine rings is 1. The molecule has 0 radical (unpaired) electrons. The fourth-order valence-corrected chi connectivity index (χ4v) is 3.76. The van der Waals surface area contributed by atoms with E-state index in [1.807, 2.05) is 36.4 Å². The van der Waals surface area contributed by atoms with Crippen molar-refractivity contribution in [2.45, 2.75) is 51.5 Å². The van der Waals surface area contributed by atoms with Gasteiger partial charge in [0.05, 0.1) is 6.42 Å². The molecule has 0 atom stereocenters. The molecule has 0 aliphatic heterocycles. The highest BCUT2D eigenvalue weighted by molar-refractivity contribution is 5.79. The molecular weight excluding hydrogens is 324 g/mol. The summed E-state index contributed by atoms with van der Waals surface area (Å²) in [6, 6.07) is 12.4. The Morgan fingerprint density at radius 1 is 1.19 bits per heavy atom. The summed E-state index contributed by atoms with van der Waals surface area (Å²) in [5, 5.41) is 3.15. The lowest BCUT2D eigenvalue weighted by molar-refractivity contribution is -0.121. The number of nitrogens with zero attached hydrogens (tertiary/aromatic N) is 3. The van der Waals surface area contributed by atoms with Gasteiger partial charge in [0.15, 0.2) is 5.65 Å². The van der Waals surface area contributed by atoms with Crippen LogP contribution in [0.4, 0.5) is 0 Å². The number of carbonyl (C=O) groups excluding carboxylic acids is 1. The first-order valence-corrected chi connectivity index (χ1v) is 9.45. The molecule has 1 aromatic carbocycles. The highest BCUT2D eigenvalue weighted by Crippen LogP contribution is 2.21. The van der Waals surface area contributed by atoms with Crippen LogP contribution in [0.15, 0.2) is 42.6 Å². The number of rotatable bonds is 5. The number of hydrogen-bond donors (Lipinski definition) is 1. The van der Waals surface area contributed by atoms with Crippen LogP contribution in [0, 0.1) is 0 Å². The third-order valence-electron chi connectivity index (χ3n) is 5.08. The Hall–Kier alpha value is -2.69. The summed E-state index contributed by atoms with van der Waals surface area (Å²) in [7, 11) is 0. The highest BCUT2D eigenvalue weighted by atomic mass is 16.1. The van der Waals surface area contributed by atoms with Crippen molar-refractivity contribution in [3.8, 4) is 5.69 Å². The van der Waals surface area contributed by atoms with E-state index in [2.05, 4.69) is 26.8 Å². The Morgan fingerprint density at radius 2 is 1.96 bits per heavy atom. The zero-order valence-corrected chi connectivity index (χ0v) is 15.1. The van der Waals surface area contributed by atoms with Crippen molar-refractivity contribution >= 4 is 17.1 Å². The third-order valence-corrected chi connectivity index (χ3v) is 5.08. The molecule has 134 valence electrons. The lowest BCUT2D eigenvalue weighted by atomic mass is 10.1. The molecule has 0 unspecified atom stereocenters. The Morgan fingerprint density at radius 3 is 2.69 bits per heavy atom. The zero-order valence-electron chi connectivity index (χ0n) is 15.1. The van der Waals surface area contributed by atoms with Crippen molar-refractivity contribution in [2.75, 3.05) is 0 Å². The van der Waals surface area contributed by atoms with Crippen molar-refractivity contribution in [1.82, 2.24) is 19.9 Å². The maximum absolute atomic E-state index is 12.2. The zero-order chi connectivity index (χ0) is 17.9. The molecular formula is C21H24N4O. The second-order valence-corrected chi connectivity index (χ2v) is 6.96. The number of benzene rings is 1. The van der Waals surface area contributed by atoms with Gasteiger partial charge in [-0.3, -0.25) is 9.36 Å². The first kappa shape index (κ1) is 16.8. The van der Waals surface area contributed by atoms with Gasteiger partial charge in [0.2, 0.25) is 5.91 Å². The molecule has 1 aliphatic rings. The molecule has 5 nitrogen and oxygen atoms in total. The first-order valence-electron chi connectivity index (χ1n) is 9.45. The first-order chi connectivity index (χ1) is 12.7. The largest absolute Gasteiger partial charge is 0.353 e. The van der Waals surface area contributed by atoms with E-state index >= 15 is 0 Å². The summed E-state index contributed by atoms with van der Waals surface area (Å²) in [5.41, 5.74) is 3.84. The minimum absolute atomic E-state index is 0.119. The maximum Gasteiger partial charge on any atom is 0.224 e. The van der Waals surface area contributed by atoms with Crippen LogP contribution < -0.4 is 5.32 Å². The number of aromatic nitrogens is 3. The number of amides is 1. The predicted octanol–water partition coefficient (Wildman–Crippen LogP) is 3.58. The average molecular weight is 348 g/mol. The van der Waals surface area contributed by atoms with Crippen molar-refractivity contribution < 1.29 is 4.79 Å². The van der Waals surface area contributed by atoms with Gasteiger partial charge in [-0.2, -0.15) is 0 Å². The number of imidazole rings is 1. The fraction of sp³-hybridized carbons (Fsp3) is 0.381. The highest BCUT2D eigenvalue weighted by Gasteiger charge is 2.17. The molecule has 0 spiro atoms. The van der Waals surface area contributed by atoms with E-state index in [-0.39, 0.29) is 5.91 Å². The van der Waals surface area contributed by atoms with Crippen molar-refractivity contribution in [3.05, 3.63) is 54.0 Å². The number of carbonyl (C=O) groups is 1. The average Bonchev–Trinajstić information content (AvgIpc) is 3.29. The number of nitrogens with one attached hydrogen (secondary N) is 1. The smallest absolute Gasteiger partial charge is 0.224 e. The SMILES string of the molecule is CCc1nc2cccnc2n1-c1ccc(CC(=O)NC2CCCC2)cc1. The topological polar surface area (TPSA) is 59.8 Å². The third kappa shape index (κ3) is 3.34. The molecule has 3 aromatic rings. The molecule has 5 heteroatoms. The lowest BCUT2D eigenvalue weighted by Crippen LogP contribution is -2.33. The normalized spacial score (nSPS) is 14.8. The van der Waals surface area contributed by atoms with E-state index in [9.17, 15) is 4.79 Å². The van der Waals surface area contributed by atoms with Gasteiger partial charge in [0.25, 0.3) is 0 Å². The van der Waals surface area contributed by atoms with Crippen molar-refractivity contribution in [3.63, 3.8) is 0 Å². The van der Waals surface area contributed by atoms with E-state index in [0.717, 1.165) is 47.5 Å². The number of hydrogen-bond acceptors (Lipinski definition) is 3. The van der Waals surface area contributed by atoms with Crippen molar-refractivity contribution in [1.29, 1.82) is 0 Å². The summed E-state index contributed by atoms with van der Waals surface area (Å²) in [5.74, 6) is 1.11. The lowest BCUT2D eigenvalue weighted by Gasteiger charge is -2.12. The van der Waals surface area contributed by atoms with E-state index in [1.165, 1.54) is 12.8 Å². The van der Waals surface area contributed by atoms with Crippen LogP contribution in [0.2, 0.25) is 0 Å². The van der Waals surface area contributed by atoms with Crippen LogP contribution in [0.25, 0.3) is 16.9 Å². The van der Waals surface area contributed by atoms with Gasteiger partial charge in [-0.25, -0.2) is 9.97 Å². The minimum Gasteiger partial charge on any atom is -0.353 e. The van der Waals surface area contributed by atoms with Gasteiger partial charge in [-0.15, -0.1) is 0 Å². The Kier molecular flexibility index (Phi) is 4.69. The Balaban J connectivity index is 1.53. The van der Waals surface area contributed by atoms with Crippen LogP contribution in [-0.4, -0.2) is 26.5 Å². The van der Waals surface area contributed by atoms with Crippen LogP contribution in [0.5, 0.6) is 0 Å². The summed E-state index contributed by atoms with van der Waals surface area (Å²) >= 11 is 0. The molecule has 26 heavy (non-hydrogen) atoms. The van der Waals surface area contributed by atoms with Gasteiger partial charge in [-0.05, 0) is 42.7 Å². The Bertz CT molecular complexity index is 907. The summed E-state index contributed by atoms with van der Waals surface area (Å²) in [4.78, 5) is 21.4. The van der Waals surface area contributed by atoms with Crippen molar-refractivity contribution in [2.24, 2.45) is 0 Å². The molecule has 0 saturated heterocycles. The maximum atomic E-state index is 12.2. The quantitative estimate of drug-likeness (QED) is 0.766. The molecule has 0 bridgehead atoms. The van der Waals surface area contributed by atoms with Crippen LogP contribution >= 0.6 is 0 Å². The van der Waals surface area contributed by atoms with Crippen LogP contribution in [0.3, 0.4) is 0 Å². The van der Waals surface area contributed by atoms with Gasteiger partial charge >= 0.3 is 0 Å². The minimum atomic E-state index is 0.119. The number of aryl methyl sites for hydroxylation is 1. The molecule has 1 fully saturated rings. The number of fused-ring (bicyclic) bond motifs is 1. The molecule has 2 heterocycles. The summed E-state index contributed by atoms with van der Waals surface area (Å²) < 4.78 is 2.09.